The second kappa shape index (κ2) is 9.38. The molecule has 1 aliphatic carbocycles. The first-order chi connectivity index (χ1) is 16.1. The Kier molecular flexibility index (Phi) is 6.16. The van der Waals surface area contributed by atoms with E-state index < -0.39 is 0 Å². The first kappa shape index (κ1) is 21.7. The third kappa shape index (κ3) is 4.52. The monoisotopic (exact) mass is 444 g/mol. The van der Waals surface area contributed by atoms with E-state index >= 15 is 0 Å². The number of amides is 1. The van der Waals surface area contributed by atoms with Crippen LogP contribution in [0.1, 0.15) is 71.2 Å². The number of carbonyl (C=O) groups is 1. The largest absolute Gasteiger partial charge is 0.497 e. The maximum atomic E-state index is 13.4. The number of aryl methyl sites for hydroxylation is 2. The predicted molar refractivity (Wildman–Crippen MR) is 129 cm³/mol. The lowest BCUT2D eigenvalue weighted by Crippen LogP contribution is -2.40. The van der Waals surface area contributed by atoms with Crippen molar-refractivity contribution in [3.8, 4) is 16.9 Å². The van der Waals surface area contributed by atoms with Crippen LogP contribution in [0.4, 0.5) is 0 Å². The number of aromatic amines is 1. The molecule has 2 aromatic heterocycles. The van der Waals surface area contributed by atoms with Gasteiger partial charge in [-0.25, -0.2) is 0 Å². The van der Waals surface area contributed by atoms with Crippen molar-refractivity contribution in [1.82, 2.24) is 20.1 Å². The number of hydrogen-bond acceptors (Lipinski definition) is 4. The van der Waals surface area contributed by atoms with Gasteiger partial charge < -0.3 is 9.64 Å². The number of benzene rings is 1. The van der Waals surface area contributed by atoms with Gasteiger partial charge in [-0.3, -0.25) is 14.9 Å². The van der Waals surface area contributed by atoms with Crippen molar-refractivity contribution in [3.05, 3.63) is 64.7 Å². The number of methoxy groups -OCH3 is 1. The number of likely N-dealkylation sites (tertiary alicyclic amines) is 1. The molecule has 1 fully saturated rings. The summed E-state index contributed by atoms with van der Waals surface area (Å²) in [6.07, 6.45) is 7.50. The molecule has 1 atom stereocenters. The molecule has 0 saturated carbocycles. The van der Waals surface area contributed by atoms with E-state index in [-0.39, 0.29) is 11.8 Å². The summed E-state index contributed by atoms with van der Waals surface area (Å²) in [6.45, 7) is 3.52. The molecule has 33 heavy (non-hydrogen) atoms. The van der Waals surface area contributed by atoms with Gasteiger partial charge in [0.25, 0.3) is 5.91 Å². The zero-order chi connectivity index (χ0) is 22.8. The van der Waals surface area contributed by atoms with Gasteiger partial charge in [0.1, 0.15) is 5.75 Å². The number of H-pyrrole nitrogens is 1. The molecule has 0 bridgehead atoms. The molecule has 5 rings (SSSR count). The highest BCUT2D eigenvalue weighted by atomic mass is 16.5. The van der Waals surface area contributed by atoms with Crippen LogP contribution in [0.15, 0.2) is 36.4 Å². The molecule has 3 heterocycles. The fourth-order valence-electron chi connectivity index (χ4n) is 5.24. The van der Waals surface area contributed by atoms with E-state index in [1.54, 1.807) is 7.11 Å². The van der Waals surface area contributed by atoms with Gasteiger partial charge >= 0.3 is 0 Å². The molecule has 1 saturated heterocycles. The van der Waals surface area contributed by atoms with Crippen LogP contribution in [-0.4, -0.2) is 46.2 Å². The third-order valence-electron chi connectivity index (χ3n) is 7.03. The fraction of sp³-hybridized carbons (Fsp3) is 0.444. The molecule has 1 aliphatic heterocycles. The number of hydrogen-bond donors (Lipinski definition) is 1. The Morgan fingerprint density at radius 1 is 1.06 bits per heavy atom. The average Bonchev–Trinajstić information content (AvgIpc) is 3.11. The normalized spacial score (nSPS) is 18.5. The predicted octanol–water partition coefficient (Wildman–Crippen LogP) is 5.08. The summed E-state index contributed by atoms with van der Waals surface area (Å²) in [7, 11) is 1.68. The van der Waals surface area contributed by atoms with E-state index in [4.69, 9.17) is 9.72 Å². The van der Waals surface area contributed by atoms with Crippen molar-refractivity contribution in [2.45, 2.75) is 57.8 Å². The van der Waals surface area contributed by atoms with Gasteiger partial charge in [0.05, 0.1) is 7.11 Å². The van der Waals surface area contributed by atoms with Crippen molar-refractivity contribution < 1.29 is 9.53 Å². The van der Waals surface area contributed by atoms with Crippen molar-refractivity contribution >= 4 is 5.91 Å². The number of ether oxygens (including phenoxy) is 1. The lowest BCUT2D eigenvalue weighted by atomic mass is 9.91. The van der Waals surface area contributed by atoms with Crippen LogP contribution in [0.3, 0.4) is 0 Å². The SMILES string of the molecule is COc1ccc(-c2cc(C)nc(C3CCCN(C(=O)c4n[nH]c5c4CCCCC5)C3)c2)cc1. The molecule has 172 valence electrons. The number of carbonyl (C=O) groups excluding carboxylic acids is 1. The second-order valence-corrected chi connectivity index (χ2v) is 9.33. The van der Waals surface area contributed by atoms with Gasteiger partial charge in [-0.15, -0.1) is 0 Å². The Hall–Kier alpha value is -3.15. The molecule has 1 unspecified atom stereocenters. The molecule has 1 N–H and O–H groups in total. The molecule has 0 spiro atoms. The van der Waals surface area contributed by atoms with Crippen LogP contribution in [0, 0.1) is 6.92 Å². The summed E-state index contributed by atoms with van der Waals surface area (Å²) in [5.41, 5.74) is 7.32. The molecular weight excluding hydrogens is 412 g/mol. The van der Waals surface area contributed by atoms with E-state index in [9.17, 15) is 4.79 Å². The van der Waals surface area contributed by atoms with Gasteiger partial charge in [-0.05, 0) is 80.8 Å². The molecule has 0 radical (unpaired) electrons. The van der Waals surface area contributed by atoms with Crippen LogP contribution in [0.2, 0.25) is 0 Å². The van der Waals surface area contributed by atoms with E-state index in [1.165, 1.54) is 12.8 Å². The van der Waals surface area contributed by atoms with Gasteiger partial charge in [-0.2, -0.15) is 5.10 Å². The standard InChI is InChI=1S/C27H32N4O2/c1-18-15-21(19-10-12-22(33-2)13-11-19)16-25(28-18)20-7-6-14-31(17-20)27(32)26-23-8-4-3-5-9-24(23)29-30-26/h10-13,15-16,20H,3-9,14,17H2,1-2H3,(H,29,30). The zero-order valence-corrected chi connectivity index (χ0v) is 19.6. The van der Waals surface area contributed by atoms with Crippen LogP contribution in [0.5, 0.6) is 5.75 Å². The maximum absolute atomic E-state index is 13.4. The number of fused-ring (bicyclic) bond motifs is 1. The molecule has 2 aliphatic rings. The van der Waals surface area contributed by atoms with Crippen molar-refractivity contribution in [3.63, 3.8) is 0 Å². The number of nitrogens with zero attached hydrogens (tertiary/aromatic N) is 3. The number of aromatic nitrogens is 3. The highest BCUT2D eigenvalue weighted by molar-refractivity contribution is 5.94. The van der Waals surface area contributed by atoms with Crippen LogP contribution in [-0.2, 0) is 12.8 Å². The Labute approximate surface area is 195 Å². The Morgan fingerprint density at radius 2 is 1.88 bits per heavy atom. The van der Waals surface area contributed by atoms with Crippen LogP contribution < -0.4 is 4.74 Å². The lowest BCUT2D eigenvalue weighted by molar-refractivity contribution is 0.0698. The minimum atomic E-state index is 0.0714. The molecule has 1 amide bonds. The molecule has 6 heteroatoms. The minimum Gasteiger partial charge on any atom is -0.497 e. The Bertz CT molecular complexity index is 1140. The van der Waals surface area contributed by atoms with E-state index in [2.05, 4.69) is 34.5 Å². The van der Waals surface area contributed by atoms with Gasteiger partial charge in [0.15, 0.2) is 5.69 Å². The Morgan fingerprint density at radius 3 is 2.70 bits per heavy atom. The summed E-state index contributed by atoms with van der Waals surface area (Å²) >= 11 is 0. The topological polar surface area (TPSA) is 71.1 Å². The average molecular weight is 445 g/mol. The van der Waals surface area contributed by atoms with E-state index in [0.717, 1.165) is 78.2 Å². The molecule has 3 aromatic rings. The van der Waals surface area contributed by atoms with Gasteiger partial charge in [0.2, 0.25) is 0 Å². The zero-order valence-electron chi connectivity index (χ0n) is 19.6. The molecule has 1 aromatic carbocycles. The van der Waals surface area contributed by atoms with Crippen LogP contribution in [0.25, 0.3) is 11.1 Å². The van der Waals surface area contributed by atoms with Crippen LogP contribution >= 0.6 is 0 Å². The summed E-state index contributed by atoms with van der Waals surface area (Å²) in [5.74, 6) is 1.15. The molecule has 6 nitrogen and oxygen atoms in total. The quantitative estimate of drug-likeness (QED) is 0.570. The summed E-state index contributed by atoms with van der Waals surface area (Å²) in [5, 5.41) is 7.60. The van der Waals surface area contributed by atoms with Crippen molar-refractivity contribution in [1.29, 1.82) is 0 Å². The van der Waals surface area contributed by atoms with Gasteiger partial charge in [-0.1, -0.05) is 18.6 Å². The summed E-state index contributed by atoms with van der Waals surface area (Å²) in [6, 6.07) is 12.4. The van der Waals surface area contributed by atoms with Crippen molar-refractivity contribution in [2.24, 2.45) is 0 Å². The minimum absolute atomic E-state index is 0.0714. The number of rotatable bonds is 4. The van der Waals surface area contributed by atoms with E-state index in [1.807, 2.05) is 24.0 Å². The number of nitrogens with one attached hydrogen (secondary N) is 1. The lowest BCUT2D eigenvalue weighted by Gasteiger charge is -2.32. The highest BCUT2D eigenvalue weighted by Crippen LogP contribution is 2.31. The Balaban J connectivity index is 1.37. The van der Waals surface area contributed by atoms with Gasteiger partial charge in [0, 0.05) is 41.7 Å². The second-order valence-electron chi connectivity index (χ2n) is 9.33. The fourth-order valence-corrected chi connectivity index (χ4v) is 5.24. The number of piperidine rings is 1. The summed E-state index contributed by atoms with van der Waals surface area (Å²) in [4.78, 5) is 20.3. The maximum Gasteiger partial charge on any atom is 0.274 e. The summed E-state index contributed by atoms with van der Waals surface area (Å²) < 4.78 is 5.30. The molecular formula is C27H32N4O2. The smallest absolute Gasteiger partial charge is 0.274 e. The van der Waals surface area contributed by atoms with Crippen molar-refractivity contribution in [2.75, 3.05) is 20.2 Å². The first-order valence-corrected chi connectivity index (χ1v) is 12.1. The highest BCUT2D eigenvalue weighted by Gasteiger charge is 2.30. The van der Waals surface area contributed by atoms with E-state index in [0.29, 0.717) is 12.2 Å². The first-order valence-electron chi connectivity index (χ1n) is 12.1. The number of pyridine rings is 1. The third-order valence-corrected chi connectivity index (χ3v) is 7.03.